The predicted octanol–water partition coefficient (Wildman–Crippen LogP) is 1.08. The van der Waals surface area contributed by atoms with Gasteiger partial charge in [0.15, 0.2) is 0 Å². The van der Waals surface area contributed by atoms with Crippen LogP contribution in [0, 0.1) is 6.92 Å². The fraction of sp³-hybridized carbons (Fsp3) is 0.182. The topological polar surface area (TPSA) is 58.0 Å². The molecular formula is C11H14N2O2. The summed E-state index contributed by atoms with van der Waals surface area (Å²) >= 11 is 0. The van der Waals surface area contributed by atoms with Gasteiger partial charge < -0.3 is 5.11 Å². The molecule has 2 rings (SSSR count). The van der Waals surface area contributed by atoms with Crippen molar-refractivity contribution >= 4 is 0 Å². The van der Waals surface area contributed by atoms with Crippen LogP contribution in [-0.4, -0.2) is 22.0 Å². The van der Waals surface area contributed by atoms with Crippen LogP contribution in [0.1, 0.15) is 5.69 Å². The number of rotatable bonds is 1. The van der Waals surface area contributed by atoms with Gasteiger partial charge in [-0.2, -0.15) is 0 Å². The number of aliphatic hydroxyl groups excluding tert-OH is 1. The third-order valence-corrected chi connectivity index (χ3v) is 1.86. The molecule has 0 unspecified atom stereocenters. The van der Waals surface area contributed by atoms with Gasteiger partial charge in [-0.15, -0.1) is 0 Å². The van der Waals surface area contributed by atoms with Crippen molar-refractivity contribution in [1.29, 1.82) is 0 Å². The zero-order valence-electron chi connectivity index (χ0n) is 8.77. The first kappa shape index (κ1) is 11.3. The van der Waals surface area contributed by atoms with Crippen LogP contribution in [0.25, 0.3) is 5.69 Å². The zero-order chi connectivity index (χ0) is 11.3. The lowest BCUT2D eigenvalue weighted by molar-refractivity contribution is 0.399. The number of aryl methyl sites for hydroxylation is 1. The number of H-pyrrole nitrogens is 1. The third-order valence-electron chi connectivity index (χ3n) is 1.86. The van der Waals surface area contributed by atoms with Gasteiger partial charge >= 0.3 is 0 Å². The van der Waals surface area contributed by atoms with Crippen molar-refractivity contribution in [1.82, 2.24) is 9.78 Å². The monoisotopic (exact) mass is 206 g/mol. The first-order valence-corrected chi connectivity index (χ1v) is 4.56. The lowest BCUT2D eigenvalue weighted by atomic mass is 10.3. The molecule has 0 aliphatic carbocycles. The summed E-state index contributed by atoms with van der Waals surface area (Å²) in [4.78, 5) is 11.4. The molecule has 0 saturated carbocycles. The van der Waals surface area contributed by atoms with Gasteiger partial charge in [0.05, 0.1) is 5.69 Å². The number of para-hydroxylation sites is 1. The van der Waals surface area contributed by atoms with E-state index < -0.39 is 0 Å². The van der Waals surface area contributed by atoms with Crippen molar-refractivity contribution in [3.63, 3.8) is 0 Å². The number of aromatic amines is 1. The van der Waals surface area contributed by atoms with Crippen LogP contribution in [0.5, 0.6) is 0 Å². The summed E-state index contributed by atoms with van der Waals surface area (Å²) < 4.78 is 1.52. The summed E-state index contributed by atoms with van der Waals surface area (Å²) in [6, 6.07) is 11.1. The van der Waals surface area contributed by atoms with Crippen molar-refractivity contribution < 1.29 is 5.11 Å². The molecule has 1 aromatic carbocycles. The van der Waals surface area contributed by atoms with Gasteiger partial charge in [-0.05, 0) is 19.1 Å². The second-order valence-corrected chi connectivity index (χ2v) is 2.95. The number of benzene rings is 1. The molecule has 2 aromatic rings. The molecular weight excluding hydrogens is 192 g/mol. The highest BCUT2D eigenvalue weighted by Crippen LogP contribution is 2.02. The van der Waals surface area contributed by atoms with Gasteiger partial charge in [-0.1, -0.05) is 18.2 Å². The van der Waals surface area contributed by atoms with E-state index in [1.54, 1.807) is 6.07 Å². The summed E-state index contributed by atoms with van der Waals surface area (Å²) in [5.74, 6) is 0. The Morgan fingerprint density at radius 1 is 1.20 bits per heavy atom. The SMILES string of the molecule is CO.Cc1cc(=O)n(-c2ccccc2)[nH]1. The fourth-order valence-corrected chi connectivity index (χ4v) is 1.28. The number of nitrogens with zero attached hydrogens (tertiary/aromatic N) is 1. The molecule has 2 N–H and O–H groups in total. The molecule has 1 aromatic heterocycles. The van der Waals surface area contributed by atoms with Gasteiger partial charge in [0.25, 0.3) is 5.56 Å². The quantitative estimate of drug-likeness (QED) is 0.733. The largest absolute Gasteiger partial charge is 0.400 e. The maximum Gasteiger partial charge on any atom is 0.271 e. The highest BCUT2D eigenvalue weighted by atomic mass is 16.2. The van der Waals surface area contributed by atoms with Gasteiger partial charge in [0, 0.05) is 18.9 Å². The molecule has 0 bridgehead atoms. The second-order valence-electron chi connectivity index (χ2n) is 2.95. The van der Waals surface area contributed by atoms with E-state index in [9.17, 15) is 4.79 Å². The van der Waals surface area contributed by atoms with E-state index >= 15 is 0 Å². The highest BCUT2D eigenvalue weighted by Gasteiger charge is 1.99. The molecule has 0 saturated heterocycles. The zero-order valence-corrected chi connectivity index (χ0v) is 8.77. The van der Waals surface area contributed by atoms with E-state index in [-0.39, 0.29) is 5.56 Å². The second kappa shape index (κ2) is 5.17. The average Bonchev–Trinajstić information content (AvgIpc) is 2.62. The molecule has 4 nitrogen and oxygen atoms in total. The lowest BCUT2D eigenvalue weighted by Crippen LogP contribution is -2.12. The van der Waals surface area contributed by atoms with E-state index in [1.165, 1.54) is 4.68 Å². The Morgan fingerprint density at radius 3 is 2.27 bits per heavy atom. The van der Waals surface area contributed by atoms with E-state index in [1.807, 2.05) is 37.3 Å². The van der Waals surface area contributed by atoms with Crippen molar-refractivity contribution in [2.45, 2.75) is 6.92 Å². The molecule has 1 heterocycles. The van der Waals surface area contributed by atoms with Crippen LogP contribution in [-0.2, 0) is 0 Å². The minimum atomic E-state index is -0.0244. The maximum absolute atomic E-state index is 11.4. The Labute approximate surface area is 87.8 Å². The van der Waals surface area contributed by atoms with Crippen LogP contribution in [0.4, 0.5) is 0 Å². The van der Waals surface area contributed by atoms with Crippen LogP contribution < -0.4 is 5.56 Å². The molecule has 0 fully saturated rings. The summed E-state index contributed by atoms with van der Waals surface area (Å²) in [5.41, 5.74) is 1.71. The summed E-state index contributed by atoms with van der Waals surface area (Å²) in [7, 11) is 1.00. The van der Waals surface area contributed by atoms with Gasteiger partial charge in [0.1, 0.15) is 0 Å². The highest BCUT2D eigenvalue weighted by molar-refractivity contribution is 5.30. The number of aliphatic hydroxyl groups is 1. The Bertz CT molecular complexity index is 457. The molecule has 0 aliphatic rings. The molecule has 80 valence electrons. The minimum Gasteiger partial charge on any atom is -0.400 e. The Balaban J connectivity index is 0.000000531. The molecule has 0 aliphatic heterocycles. The summed E-state index contributed by atoms with van der Waals surface area (Å²) in [5, 5.41) is 9.96. The van der Waals surface area contributed by atoms with E-state index in [4.69, 9.17) is 5.11 Å². The number of nitrogens with one attached hydrogen (secondary N) is 1. The first-order valence-electron chi connectivity index (χ1n) is 4.56. The normalized spacial score (nSPS) is 9.27. The van der Waals surface area contributed by atoms with Crippen molar-refractivity contribution in [3.05, 3.63) is 52.4 Å². The Morgan fingerprint density at radius 2 is 1.80 bits per heavy atom. The molecule has 4 heteroatoms. The van der Waals surface area contributed by atoms with Crippen LogP contribution in [0.2, 0.25) is 0 Å². The fourth-order valence-electron chi connectivity index (χ4n) is 1.28. The van der Waals surface area contributed by atoms with Crippen molar-refractivity contribution in [2.24, 2.45) is 0 Å². The molecule has 0 spiro atoms. The van der Waals surface area contributed by atoms with E-state index in [0.29, 0.717) is 0 Å². The smallest absolute Gasteiger partial charge is 0.271 e. The summed E-state index contributed by atoms with van der Waals surface area (Å²) in [6.45, 7) is 1.86. The van der Waals surface area contributed by atoms with Gasteiger partial charge in [-0.25, -0.2) is 4.68 Å². The molecule has 0 radical (unpaired) electrons. The minimum absolute atomic E-state index is 0.0244. The Hall–Kier alpha value is -1.81. The Kier molecular flexibility index (Phi) is 3.88. The number of hydrogen-bond donors (Lipinski definition) is 2. The number of hydrogen-bond acceptors (Lipinski definition) is 2. The van der Waals surface area contributed by atoms with Crippen LogP contribution in [0.3, 0.4) is 0 Å². The van der Waals surface area contributed by atoms with Crippen molar-refractivity contribution in [2.75, 3.05) is 7.11 Å². The first-order chi connectivity index (χ1) is 7.27. The average molecular weight is 206 g/mol. The van der Waals surface area contributed by atoms with E-state index in [0.717, 1.165) is 18.5 Å². The third kappa shape index (κ3) is 2.57. The van der Waals surface area contributed by atoms with Crippen LogP contribution >= 0.6 is 0 Å². The van der Waals surface area contributed by atoms with Crippen molar-refractivity contribution in [3.8, 4) is 5.69 Å². The lowest BCUT2D eigenvalue weighted by Gasteiger charge is -1.99. The molecule has 0 amide bonds. The predicted molar refractivity (Wildman–Crippen MR) is 59.3 cm³/mol. The summed E-state index contributed by atoms with van der Waals surface area (Å²) in [6.07, 6.45) is 0. The maximum atomic E-state index is 11.4. The standard InChI is InChI=1S/C10H10N2O.CH4O/c1-8-7-10(13)12(11-8)9-5-3-2-4-6-9;1-2/h2-7,11H,1H3;2H,1H3. The number of aromatic nitrogens is 2. The van der Waals surface area contributed by atoms with Crippen LogP contribution in [0.15, 0.2) is 41.2 Å². The molecule has 0 atom stereocenters. The van der Waals surface area contributed by atoms with Gasteiger partial charge in [0.2, 0.25) is 0 Å². The van der Waals surface area contributed by atoms with Gasteiger partial charge in [-0.3, -0.25) is 9.89 Å². The molecule has 15 heavy (non-hydrogen) atoms. The van der Waals surface area contributed by atoms with E-state index in [2.05, 4.69) is 5.10 Å².